The van der Waals surface area contributed by atoms with E-state index in [9.17, 15) is 4.79 Å². The third-order valence-electron chi connectivity index (χ3n) is 3.56. The molecular weight excluding hydrogens is 220 g/mol. The van der Waals surface area contributed by atoms with Gasteiger partial charge in [0.05, 0.1) is 0 Å². The van der Waals surface area contributed by atoms with Gasteiger partial charge in [-0.2, -0.15) is 0 Å². The smallest absolute Gasteiger partial charge is 0.188 e. The topological polar surface area (TPSA) is 17.1 Å². The zero-order chi connectivity index (χ0) is 13.9. The van der Waals surface area contributed by atoms with Gasteiger partial charge >= 0.3 is 0 Å². The van der Waals surface area contributed by atoms with Crippen molar-refractivity contribution in [3.05, 3.63) is 46.5 Å². The fourth-order valence-corrected chi connectivity index (χ4v) is 1.86. The van der Waals surface area contributed by atoms with E-state index in [0.29, 0.717) is 11.8 Å². The predicted molar refractivity (Wildman–Crippen MR) is 78.0 cm³/mol. The number of allylic oxidation sites excluding steroid dienone is 2. The van der Waals surface area contributed by atoms with Crippen LogP contribution in [-0.4, -0.2) is 5.78 Å². The summed E-state index contributed by atoms with van der Waals surface area (Å²) in [6.45, 7) is 12.4. The molecule has 18 heavy (non-hydrogen) atoms. The van der Waals surface area contributed by atoms with E-state index >= 15 is 0 Å². The van der Waals surface area contributed by atoms with Gasteiger partial charge in [-0.3, -0.25) is 4.79 Å². The lowest BCUT2D eigenvalue weighted by Crippen LogP contribution is -2.07. The molecule has 0 fully saturated rings. The van der Waals surface area contributed by atoms with Gasteiger partial charge in [0.2, 0.25) is 0 Å². The highest BCUT2D eigenvalue weighted by Gasteiger charge is 2.13. The summed E-state index contributed by atoms with van der Waals surface area (Å²) in [7, 11) is 0. The van der Waals surface area contributed by atoms with E-state index in [1.807, 2.05) is 39.0 Å². The van der Waals surface area contributed by atoms with Crippen LogP contribution in [0.15, 0.2) is 29.8 Å². The molecule has 98 valence electrons. The Kier molecular flexibility index (Phi) is 4.89. The number of ketones is 1. The van der Waals surface area contributed by atoms with Crippen molar-refractivity contribution in [2.45, 2.75) is 41.5 Å². The van der Waals surface area contributed by atoms with E-state index in [0.717, 1.165) is 22.3 Å². The summed E-state index contributed by atoms with van der Waals surface area (Å²) in [6.07, 6.45) is 2.09. The normalized spacial score (nSPS) is 13.8. The zero-order valence-electron chi connectivity index (χ0n) is 12.4. The highest BCUT2D eigenvalue weighted by Crippen LogP contribution is 2.19. The van der Waals surface area contributed by atoms with Crippen LogP contribution in [0, 0.1) is 25.7 Å². The second-order valence-electron chi connectivity index (χ2n) is 5.60. The lowest BCUT2D eigenvalue weighted by molar-refractivity contribution is 0.103. The molecule has 1 aromatic carbocycles. The number of benzene rings is 1. The maximum absolute atomic E-state index is 12.4. The van der Waals surface area contributed by atoms with Gasteiger partial charge in [-0.05, 0) is 49.8 Å². The SMILES string of the molecule is CC(=CC(C)C(C)C)C(=O)c1cc(C)ccc1C. The lowest BCUT2D eigenvalue weighted by atomic mass is 9.92. The van der Waals surface area contributed by atoms with Crippen molar-refractivity contribution in [2.24, 2.45) is 11.8 Å². The van der Waals surface area contributed by atoms with Crippen LogP contribution in [0.25, 0.3) is 0 Å². The van der Waals surface area contributed by atoms with Crippen molar-refractivity contribution in [1.29, 1.82) is 0 Å². The molecule has 1 atom stereocenters. The Hall–Kier alpha value is -1.37. The molecular formula is C17H24O. The Bertz CT molecular complexity index is 466. The summed E-state index contributed by atoms with van der Waals surface area (Å²) in [5.74, 6) is 1.15. The maximum Gasteiger partial charge on any atom is 0.188 e. The minimum atomic E-state index is 0.156. The molecule has 1 nitrogen and oxygen atoms in total. The minimum Gasteiger partial charge on any atom is -0.289 e. The first-order chi connectivity index (χ1) is 8.32. The van der Waals surface area contributed by atoms with Crippen LogP contribution < -0.4 is 0 Å². The second-order valence-corrected chi connectivity index (χ2v) is 5.60. The van der Waals surface area contributed by atoms with Crippen molar-refractivity contribution < 1.29 is 4.79 Å². The number of rotatable bonds is 4. The van der Waals surface area contributed by atoms with E-state index < -0.39 is 0 Å². The molecule has 0 N–H and O–H groups in total. The minimum absolute atomic E-state index is 0.156. The van der Waals surface area contributed by atoms with Gasteiger partial charge in [-0.25, -0.2) is 0 Å². The van der Waals surface area contributed by atoms with Gasteiger partial charge in [-0.15, -0.1) is 0 Å². The van der Waals surface area contributed by atoms with Crippen LogP contribution in [0.2, 0.25) is 0 Å². The summed E-state index contributed by atoms with van der Waals surface area (Å²) in [5.41, 5.74) is 3.87. The van der Waals surface area contributed by atoms with E-state index in [1.54, 1.807) is 0 Å². The first kappa shape index (κ1) is 14.7. The third-order valence-corrected chi connectivity index (χ3v) is 3.56. The first-order valence-corrected chi connectivity index (χ1v) is 6.63. The van der Waals surface area contributed by atoms with Crippen molar-refractivity contribution in [2.75, 3.05) is 0 Å². The number of carbonyl (C=O) groups is 1. The maximum atomic E-state index is 12.4. The molecule has 0 aliphatic heterocycles. The van der Waals surface area contributed by atoms with Crippen LogP contribution in [0.4, 0.5) is 0 Å². The van der Waals surface area contributed by atoms with Crippen LogP contribution in [-0.2, 0) is 0 Å². The Morgan fingerprint density at radius 3 is 2.33 bits per heavy atom. The van der Waals surface area contributed by atoms with Crippen LogP contribution >= 0.6 is 0 Å². The number of Topliss-reactive ketones (excluding diaryl/α,β-unsaturated/α-hetero) is 1. The first-order valence-electron chi connectivity index (χ1n) is 6.63. The third kappa shape index (κ3) is 3.56. The van der Waals surface area contributed by atoms with Gasteiger partial charge in [0, 0.05) is 5.56 Å². The molecule has 1 aromatic rings. The van der Waals surface area contributed by atoms with Crippen molar-refractivity contribution in [3.63, 3.8) is 0 Å². The van der Waals surface area contributed by atoms with Crippen molar-refractivity contribution in [3.8, 4) is 0 Å². The summed E-state index contributed by atoms with van der Waals surface area (Å²) >= 11 is 0. The highest BCUT2D eigenvalue weighted by atomic mass is 16.1. The Morgan fingerprint density at radius 1 is 1.17 bits per heavy atom. The molecule has 0 radical (unpaired) electrons. The average Bonchev–Trinajstić information content (AvgIpc) is 2.31. The summed E-state index contributed by atoms with van der Waals surface area (Å²) in [4.78, 5) is 12.4. The highest BCUT2D eigenvalue weighted by molar-refractivity contribution is 6.09. The molecule has 0 heterocycles. The molecule has 0 bridgehead atoms. The van der Waals surface area contributed by atoms with Crippen molar-refractivity contribution >= 4 is 5.78 Å². The molecule has 0 saturated carbocycles. The van der Waals surface area contributed by atoms with Gasteiger partial charge in [0.25, 0.3) is 0 Å². The van der Waals surface area contributed by atoms with Crippen molar-refractivity contribution in [1.82, 2.24) is 0 Å². The monoisotopic (exact) mass is 244 g/mol. The van der Waals surface area contributed by atoms with Gasteiger partial charge in [0.15, 0.2) is 5.78 Å². The molecule has 0 aromatic heterocycles. The van der Waals surface area contributed by atoms with Gasteiger partial charge in [-0.1, -0.05) is 44.5 Å². The molecule has 0 amide bonds. The number of hydrogen-bond acceptors (Lipinski definition) is 1. The molecule has 0 saturated heterocycles. The van der Waals surface area contributed by atoms with E-state index in [4.69, 9.17) is 0 Å². The van der Waals surface area contributed by atoms with Gasteiger partial charge in [0.1, 0.15) is 0 Å². The van der Waals surface area contributed by atoms with Gasteiger partial charge < -0.3 is 0 Å². The Labute approximate surface area is 111 Å². The molecule has 1 unspecified atom stereocenters. The van der Waals surface area contributed by atoms with Crippen LogP contribution in [0.5, 0.6) is 0 Å². The average molecular weight is 244 g/mol. The quantitative estimate of drug-likeness (QED) is 0.553. The lowest BCUT2D eigenvalue weighted by Gasteiger charge is -2.12. The predicted octanol–water partition coefficient (Wildman–Crippen LogP) is 4.72. The fraction of sp³-hybridized carbons (Fsp3) is 0.471. The number of hydrogen-bond donors (Lipinski definition) is 0. The Morgan fingerprint density at radius 2 is 1.78 bits per heavy atom. The molecule has 1 rings (SSSR count). The fourth-order valence-electron chi connectivity index (χ4n) is 1.86. The largest absolute Gasteiger partial charge is 0.289 e. The number of aryl methyl sites for hydroxylation is 2. The zero-order valence-corrected chi connectivity index (χ0v) is 12.4. The van der Waals surface area contributed by atoms with E-state index in [2.05, 4.69) is 26.8 Å². The summed E-state index contributed by atoms with van der Waals surface area (Å²) in [5, 5.41) is 0. The summed E-state index contributed by atoms with van der Waals surface area (Å²) in [6, 6.07) is 6.04. The molecule has 1 heteroatoms. The Balaban J connectivity index is 3.03. The standard InChI is InChI=1S/C17H24O/c1-11(2)14(5)10-15(6)17(18)16-9-12(3)7-8-13(16)4/h7-11,14H,1-6H3. The number of carbonyl (C=O) groups excluding carboxylic acids is 1. The summed E-state index contributed by atoms with van der Waals surface area (Å²) < 4.78 is 0. The van der Waals surface area contributed by atoms with Crippen LogP contribution in [0.1, 0.15) is 49.2 Å². The second kappa shape index (κ2) is 5.99. The van der Waals surface area contributed by atoms with E-state index in [1.165, 1.54) is 0 Å². The molecule has 0 spiro atoms. The van der Waals surface area contributed by atoms with E-state index in [-0.39, 0.29) is 5.78 Å². The molecule has 0 aliphatic rings. The molecule has 0 aliphatic carbocycles. The van der Waals surface area contributed by atoms with Crippen LogP contribution in [0.3, 0.4) is 0 Å².